The first-order valence-electron chi connectivity index (χ1n) is 7.11. The van der Waals surface area contributed by atoms with Crippen LogP contribution >= 0.6 is 11.6 Å². The number of nitrogens with one attached hydrogen (secondary N) is 1. The van der Waals surface area contributed by atoms with Crippen molar-refractivity contribution in [2.24, 2.45) is 5.92 Å². The molecular weight excluding hydrogens is 304 g/mol. The van der Waals surface area contributed by atoms with Crippen LogP contribution in [0.1, 0.15) is 26.3 Å². The molecule has 0 saturated carbocycles. The fourth-order valence-corrected chi connectivity index (χ4v) is 2.13. The molecule has 0 spiro atoms. The lowest BCUT2D eigenvalue weighted by molar-refractivity contribution is -0.141. The molecule has 1 atom stereocenters. The molecular formula is C16H23ClN2O3. The highest BCUT2D eigenvalue weighted by Gasteiger charge is 2.23. The van der Waals surface area contributed by atoms with Crippen molar-refractivity contribution in [3.05, 3.63) is 34.9 Å². The Balaban J connectivity index is 2.58. The summed E-state index contributed by atoms with van der Waals surface area (Å²) in [7, 11) is 1.59. The third-order valence-corrected chi connectivity index (χ3v) is 3.88. The third-order valence-electron chi connectivity index (χ3n) is 3.62. The summed E-state index contributed by atoms with van der Waals surface area (Å²) in [4.78, 5) is 24.2. The standard InChI is InChI=1S/C16H23ClN2O3/c1-11(14(20)21)9-19(4)15(22)18-10-16(2,3)12-5-7-13(17)8-6-12/h5-8,11H,9-10H2,1-4H3,(H,18,22)(H,20,21). The lowest BCUT2D eigenvalue weighted by atomic mass is 9.85. The molecule has 0 aliphatic rings. The number of amides is 2. The smallest absolute Gasteiger partial charge is 0.317 e. The van der Waals surface area contributed by atoms with Crippen LogP contribution in [-0.2, 0) is 10.2 Å². The molecule has 0 aliphatic carbocycles. The first kappa shape index (κ1) is 18.3. The van der Waals surface area contributed by atoms with Gasteiger partial charge in [-0.2, -0.15) is 0 Å². The van der Waals surface area contributed by atoms with Crippen LogP contribution in [0.15, 0.2) is 24.3 Å². The topological polar surface area (TPSA) is 69.6 Å². The molecule has 1 aromatic carbocycles. The minimum absolute atomic E-state index is 0.169. The Labute approximate surface area is 136 Å². The number of carbonyl (C=O) groups excluding carboxylic acids is 1. The molecule has 1 unspecified atom stereocenters. The maximum atomic E-state index is 12.0. The molecule has 0 radical (unpaired) electrons. The Morgan fingerprint density at radius 3 is 2.36 bits per heavy atom. The van der Waals surface area contributed by atoms with Crippen LogP contribution in [0.2, 0.25) is 5.02 Å². The van der Waals surface area contributed by atoms with E-state index < -0.39 is 11.9 Å². The zero-order valence-corrected chi connectivity index (χ0v) is 14.1. The Morgan fingerprint density at radius 2 is 1.86 bits per heavy atom. The van der Waals surface area contributed by atoms with Crippen molar-refractivity contribution in [1.29, 1.82) is 0 Å². The van der Waals surface area contributed by atoms with Crippen molar-refractivity contribution in [3.8, 4) is 0 Å². The van der Waals surface area contributed by atoms with Gasteiger partial charge in [0.1, 0.15) is 0 Å². The number of nitrogens with zero attached hydrogens (tertiary/aromatic N) is 1. The van der Waals surface area contributed by atoms with Crippen molar-refractivity contribution in [3.63, 3.8) is 0 Å². The van der Waals surface area contributed by atoms with Gasteiger partial charge >= 0.3 is 12.0 Å². The van der Waals surface area contributed by atoms with E-state index in [2.05, 4.69) is 5.32 Å². The summed E-state index contributed by atoms with van der Waals surface area (Å²) in [6, 6.07) is 7.23. The van der Waals surface area contributed by atoms with Crippen LogP contribution < -0.4 is 5.32 Å². The normalized spacial score (nSPS) is 12.6. The Hall–Kier alpha value is -1.75. The molecule has 1 aromatic rings. The number of carboxylic acids is 1. The molecule has 6 heteroatoms. The summed E-state index contributed by atoms with van der Waals surface area (Å²) in [6.45, 7) is 6.23. The number of carboxylic acid groups (broad SMARTS) is 1. The average molecular weight is 327 g/mol. The van der Waals surface area contributed by atoms with E-state index in [9.17, 15) is 9.59 Å². The number of halogens is 1. The van der Waals surface area contributed by atoms with E-state index in [1.807, 2.05) is 38.1 Å². The quantitative estimate of drug-likeness (QED) is 0.844. The number of urea groups is 1. The molecule has 5 nitrogen and oxygen atoms in total. The predicted molar refractivity (Wildman–Crippen MR) is 87.3 cm³/mol. The Bertz CT molecular complexity index is 529. The van der Waals surface area contributed by atoms with Crippen LogP contribution in [-0.4, -0.2) is 42.1 Å². The third kappa shape index (κ3) is 5.22. The second kappa shape index (κ2) is 7.49. The molecule has 0 heterocycles. The molecule has 2 amide bonds. The van der Waals surface area contributed by atoms with Crippen LogP contribution in [0.25, 0.3) is 0 Å². The summed E-state index contributed by atoms with van der Waals surface area (Å²) in [6.07, 6.45) is 0. The number of benzene rings is 1. The van der Waals surface area contributed by atoms with Crippen molar-refractivity contribution in [2.75, 3.05) is 20.1 Å². The maximum absolute atomic E-state index is 12.0. The van der Waals surface area contributed by atoms with Crippen molar-refractivity contribution >= 4 is 23.6 Å². The van der Waals surface area contributed by atoms with E-state index >= 15 is 0 Å². The fraction of sp³-hybridized carbons (Fsp3) is 0.500. The van der Waals surface area contributed by atoms with Gasteiger partial charge in [-0.25, -0.2) is 4.79 Å². The van der Waals surface area contributed by atoms with Gasteiger partial charge in [-0.05, 0) is 17.7 Å². The van der Waals surface area contributed by atoms with Crippen molar-refractivity contribution in [2.45, 2.75) is 26.2 Å². The minimum atomic E-state index is -0.916. The first-order valence-corrected chi connectivity index (χ1v) is 7.49. The second-order valence-corrected chi connectivity index (χ2v) is 6.61. The van der Waals surface area contributed by atoms with Gasteiger partial charge in [-0.3, -0.25) is 4.79 Å². The summed E-state index contributed by atoms with van der Waals surface area (Å²) < 4.78 is 0. The van der Waals surface area contributed by atoms with Crippen LogP contribution in [0.5, 0.6) is 0 Å². The number of hydrogen-bond donors (Lipinski definition) is 2. The van der Waals surface area contributed by atoms with Crippen molar-refractivity contribution < 1.29 is 14.7 Å². The molecule has 122 valence electrons. The van der Waals surface area contributed by atoms with E-state index in [0.717, 1.165) is 5.56 Å². The SMILES string of the molecule is CC(CN(C)C(=O)NCC(C)(C)c1ccc(Cl)cc1)C(=O)O. The number of hydrogen-bond acceptors (Lipinski definition) is 2. The first-order chi connectivity index (χ1) is 10.1. The van der Waals surface area contributed by atoms with E-state index in [1.165, 1.54) is 4.90 Å². The van der Waals surface area contributed by atoms with Gasteiger partial charge in [0.2, 0.25) is 0 Å². The summed E-state index contributed by atoms with van der Waals surface area (Å²) >= 11 is 5.88. The molecule has 0 fully saturated rings. The largest absolute Gasteiger partial charge is 0.481 e. The highest BCUT2D eigenvalue weighted by molar-refractivity contribution is 6.30. The highest BCUT2D eigenvalue weighted by Crippen LogP contribution is 2.23. The lowest BCUT2D eigenvalue weighted by Gasteiger charge is -2.28. The number of rotatable bonds is 6. The number of aliphatic carboxylic acids is 1. The zero-order valence-electron chi connectivity index (χ0n) is 13.4. The summed E-state index contributed by atoms with van der Waals surface area (Å²) in [5.41, 5.74) is 0.818. The molecule has 22 heavy (non-hydrogen) atoms. The molecule has 0 saturated heterocycles. The van der Waals surface area contributed by atoms with Gasteiger partial charge in [0.25, 0.3) is 0 Å². The van der Waals surface area contributed by atoms with E-state index in [1.54, 1.807) is 14.0 Å². The summed E-state index contributed by atoms with van der Waals surface area (Å²) in [5, 5.41) is 12.4. The molecule has 2 N–H and O–H groups in total. The Kier molecular flexibility index (Phi) is 6.23. The van der Waals surface area contributed by atoms with Gasteiger partial charge in [0.15, 0.2) is 0 Å². The van der Waals surface area contributed by atoms with E-state index in [-0.39, 0.29) is 18.0 Å². The van der Waals surface area contributed by atoms with Gasteiger partial charge in [-0.15, -0.1) is 0 Å². The Morgan fingerprint density at radius 1 is 1.32 bits per heavy atom. The number of carbonyl (C=O) groups is 2. The lowest BCUT2D eigenvalue weighted by Crippen LogP contribution is -2.45. The molecule has 0 aromatic heterocycles. The summed E-state index contributed by atoms with van der Waals surface area (Å²) in [5.74, 6) is -1.51. The van der Waals surface area contributed by atoms with Crippen LogP contribution in [0.4, 0.5) is 4.79 Å². The predicted octanol–water partition coefficient (Wildman–Crippen LogP) is 2.98. The van der Waals surface area contributed by atoms with Crippen LogP contribution in [0, 0.1) is 5.92 Å². The molecule has 0 bridgehead atoms. The van der Waals surface area contributed by atoms with Crippen LogP contribution in [0.3, 0.4) is 0 Å². The van der Waals surface area contributed by atoms with Gasteiger partial charge in [0.05, 0.1) is 5.92 Å². The van der Waals surface area contributed by atoms with Gasteiger partial charge in [0, 0.05) is 30.6 Å². The van der Waals surface area contributed by atoms with E-state index in [0.29, 0.717) is 11.6 Å². The minimum Gasteiger partial charge on any atom is -0.481 e. The molecule has 1 rings (SSSR count). The molecule has 0 aliphatic heterocycles. The van der Waals surface area contributed by atoms with Gasteiger partial charge in [-0.1, -0.05) is 44.5 Å². The zero-order chi connectivity index (χ0) is 16.9. The maximum Gasteiger partial charge on any atom is 0.317 e. The average Bonchev–Trinajstić information content (AvgIpc) is 2.45. The monoisotopic (exact) mass is 326 g/mol. The fourth-order valence-electron chi connectivity index (χ4n) is 2.01. The second-order valence-electron chi connectivity index (χ2n) is 6.17. The highest BCUT2D eigenvalue weighted by atomic mass is 35.5. The van der Waals surface area contributed by atoms with Gasteiger partial charge < -0.3 is 15.3 Å². The van der Waals surface area contributed by atoms with E-state index in [4.69, 9.17) is 16.7 Å². The van der Waals surface area contributed by atoms with Crippen molar-refractivity contribution in [1.82, 2.24) is 10.2 Å².